The first-order valence-corrected chi connectivity index (χ1v) is 4.09. The van der Waals surface area contributed by atoms with Gasteiger partial charge in [0, 0.05) is 6.54 Å². The summed E-state index contributed by atoms with van der Waals surface area (Å²) in [6.07, 6.45) is 0.597. The lowest BCUT2D eigenvalue weighted by Gasteiger charge is -2.06. The smallest absolute Gasteiger partial charge is 0.223 e. The molecule has 3 N–H and O–H groups in total. The van der Waals surface area contributed by atoms with Crippen molar-refractivity contribution >= 4 is 29.7 Å². The summed E-state index contributed by atoms with van der Waals surface area (Å²) in [5.74, 6) is 0.418. The zero-order chi connectivity index (χ0) is 9.84. The van der Waals surface area contributed by atoms with Gasteiger partial charge < -0.3 is 11.1 Å². The number of nitrogens with two attached hydrogens (primary N) is 1. The normalized spacial score (nSPS) is 9.69. The molecule has 0 bridgehead atoms. The van der Waals surface area contributed by atoms with Crippen LogP contribution in [0.2, 0.25) is 5.15 Å². The van der Waals surface area contributed by atoms with Gasteiger partial charge in [0.05, 0.1) is 5.56 Å². The van der Waals surface area contributed by atoms with Gasteiger partial charge in [0.15, 0.2) is 6.29 Å². The van der Waals surface area contributed by atoms with E-state index in [1.54, 1.807) is 0 Å². The number of nitrogens with zero attached hydrogens (tertiary/aromatic N) is 2. The Labute approximate surface area is 80.3 Å². The Hall–Kier alpha value is -1.36. The molecule has 13 heavy (non-hydrogen) atoms. The van der Waals surface area contributed by atoms with E-state index in [9.17, 15) is 4.79 Å². The molecule has 0 fully saturated rings. The molecule has 0 saturated heterocycles. The van der Waals surface area contributed by atoms with Crippen LogP contribution < -0.4 is 11.1 Å². The van der Waals surface area contributed by atoms with Gasteiger partial charge in [-0.15, -0.1) is 0 Å². The molecule has 1 heterocycles. The number of carbonyl (C=O) groups is 1. The number of nitrogen functional groups attached to an aromatic ring is 1. The fourth-order valence-electron chi connectivity index (χ4n) is 0.865. The van der Waals surface area contributed by atoms with Crippen LogP contribution in [0.4, 0.5) is 11.8 Å². The molecule has 0 aliphatic rings. The predicted molar refractivity (Wildman–Crippen MR) is 51.0 cm³/mol. The van der Waals surface area contributed by atoms with Gasteiger partial charge in [0.2, 0.25) is 5.95 Å². The van der Waals surface area contributed by atoms with Crippen LogP contribution in [0, 0.1) is 0 Å². The van der Waals surface area contributed by atoms with E-state index in [1.807, 2.05) is 6.92 Å². The Kier molecular flexibility index (Phi) is 3.02. The van der Waals surface area contributed by atoms with Crippen molar-refractivity contribution in [2.24, 2.45) is 0 Å². The van der Waals surface area contributed by atoms with E-state index in [0.717, 1.165) is 0 Å². The van der Waals surface area contributed by atoms with Crippen molar-refractivity contribution in [3.05, 3.63) is 10.7 Å². The van der Waals surface area contributed by atoms with Crippen LogP contribution in [-0.2, 0) is 0 Å². The molecule has 0 radical (unpaired) electrons. The third-order valence-corrected chi connectivity index (χ3v) is 1.67. The molecule has 0 aliphatic heterocycles. The van der Waals surface area contributed by atoms with E-state index < -0.39 is 0 Å². The number of aromatic nitrogens is 2. The molecule has 70 valence electrons. The fourth-order valence-corrected chi connectivity index (χ4v) is 1.09. The minimum absolute atomic E-state index is 0.0477. The summed E-state index contributed by atoms with van der Waals surface area (Å²) in [6, 6.07) is 0. The molecule has 0 unspecified atom stereocenters. The minimum Gasteiger partial charge on any atom is -0.370 e. The third-order valence-electron chi connectivity index (χ3n) is 1.38. The van der Waals surface area contributed by atoms with Crippen LogP contribution in [0.5, 0.6) is 0 Å². The number of anilines is 2. The van der Waals surface area contributed by atoms with Crippen molar-refractivity contribution in [2.45, 2.75) is 6.92 Å². The van der Waals surface area contributed by atoms with E-state index in [2.05, 4.69) is 15.3 Å². The van der Waals surface area contributed by atoms with Crippen molar-refractivity contribution in [3.8, 4) is 0 Å². The highest BCUT2D eigenvalue weighted by Crippen LogP contribution is 2.19. The second-order valence-corrected chi connectivity index (χ2v) is 2.64. The average molecular weight is 201 g/mol. The fraction of sp³-hybridized carbons (Fsp3) is 0.286. The number of halogens is 1. The molecule has 0 atom stereocenters. The highest BCUT2D eigenvalue weighted by atomic mass is 35.5. The molecular formula is C7H9ClN4O. The number of carbonyl (C=O) groups excluding carboxylic acids is 1. The van der Waals surface area contributed by atoms with E-state index in [1.165, 1.54) is 0 Å². The topological polar surface area (TPSA) is 80.9 Å². The summed E-state index contributed by atoms with van der Waals surface area (Å²) in [6.45, 7) is 2.51. The van der Waals surface area contributed by atoms with Gasteiger partial charge in [-0.1, -0.05) is 11.6 Å². The van der Waals surface area contributed by atoms with E-state index in [-0.39, 0.29) is 16.7 Å². The third kappa shape index (κ3) is 2.06. The van der Waals surface area contributed by atoms with Crippen molar-refractivity contribution in [1.29, 1.82) is 0 Å². The van der Waals surface area contributed by atoms with Crippen LogP contribution in [0.1, 0.15) is 17.3 Å². The van der Waals surface area contributed by atoms with Crippen LogP contribution in [-0.4, -0.2) is 22.8 Å². The molecule has 0 aromatic carbocycles. The second kappa shape index (κ2) is 4.04. The van der Waals surface area contributed by atoms with Crippen LogP contribution >= 0.6 is 11.6 Å². The van der Waals surface area contributed by atoms with Gasteiger partial charge in [-0.05, 0) is 6.92 Å². The zero-order valence-electron chi connectivity index (χ0n) is 7.04. The summed E-state index contributed by atoms with van der Waals surface area (Å²) >= 11 is 5.67. The highest BCUT2D eigenvalue weighted by Gasteiger charge is 2.09. The van der Waals surface area contributed by atoms with Gasteiger partial charge in [-0.3, -0.25) is 4.79 Å². The van der Waals surface area contributed by atoms with Crippen molar-refractivity contribution in [3.63, 3.8) is 0 Å². The number of aldehydes is 1. The zero-order valence-corrected chi connectivity index (χ0v) is 7.80. The first-order valence-electron chi connectivity index (χ1n) is 3.71. The molecule has 1 rings (SSSR count). The lowest BCUT2D eigenvalue weighted by molar-refractivity contribution is 0.112. The van der Waals surface area contributed by atoms with Gasteiger partial charge in [0.25, 0.3) is 0 Å². The van der Waals surface area contributed by atoms with Crippen LogP contribution in [0.15, 0.2) is 0 Å². The van der Waals surface area contributed by atoms with E-state index >= 15 is 0 Å². The Bertz CT molecular complexity index is 329. The minimum atomic E-state index is 0.0477. The van der Waals surface area contributed by atoms with Crippen molar-refractivity contribution in [1.82, 2.24) is 9.97 Å². The first-order chi connectivity index (χ1) is 6.19. The Morgan fingerprint density at radius 1 is 1.62 bits per heavy atom. The van der Waals surface area contributed by atoms with Gasteiger partial charge in [0.1, 0.15) is 11.0 Å². The van der Waals surface area contributed by atoms with Crippen LogP contribution in [0.25, 0.3) is 0 Å². The second-order valence-electron chi connectivity index (χ2n) is 2.28. The number of hydrogen-bond donors (Lipinski definition) is 2. The summed E-state index contributed by atoms with van der Waals surface area (Å²) < 4.78 is 0. The van der Waals surface area contributed by atoms with E-state index in [0.29, 0.717) is 18.6 Å². The highest BCUT2D eigenvalue weighted by molar-refractivity contribution is 6.32. The average Bonchev–Trinajstić information content (AvgIpc) is 2.04. The van der Waals surface area contributed by atoms with Gasteiger partial charge >= 0.3 is 0 Å². The SMILES string of the molecule is CCNc1nc(N)nc(Cl)c1C=O. The quantitative estimate of drug-likeness (QED) is 0.561. The lowest BCUT2D eigenvalue weighted by Crippen LogP contribution is -2.07. The maximum Gasteiger partial charge on any atom is 0.223 e. The summed E-state index contributed by atoms with van der Waals surface area (Å²) in [5, 5.41) is 2.93. The monoisotopic (exact) mass is 200 g/mol. The standard InChI is InChI=1S/C7H9ClN4O/c1-2-10-6-4(3-13)5(8)11-7(9)12-6/h3H,2H2,1H3,(H3,9,10,11,12). The number of nitrogens with one attached hydrogen (secondary N) is 1. The molecule has 0 saturated carbocycles. The van der Waals surface area contributed by atoms with Gasteiger partial charge in [-0.2, -0.15) is 4.98 Å². The molecule has 5 nitrogen and oxygen atoms in total. The molecule has 6 heteroatoms. The maximum absolute atomic E-state index is 10.6. The maximum atomic E-state index is 10.6. The Morgan fingerprint density at radius 2 is 2.31 bits per heavy atom. The van der Waals surface area contributed by atoms with Crippen molar-refractivity contribution in [2.75, 3.05) is 17.6 Å². The summed E-state index contributed by atoms with van der Waals surface area (Å²) in [4.78, 5) is 18.1. The molecule has 0 aliphatic carbocycles. The van der Waals surface area contributed by atoms with Crippen molar-refractivity contribution < 1.29 is 4.79 Å². The largest absolute Gasteiger partial charge is 0.370 e. The van der Waals surface area contributed by atoms with Gasteiger partial charge in [-0.25, -0.2) is 4.98 Å². The predicted octanol–water partition coefficient (Wildman–Crippen LogP) is 0.956. The molecule has 1 aromatic heterocycles. The first kappa shape index (κ1) is 9.73. The summed E-state index contributed by atoms with van der Waals surface area (Å²) in [5.41, 5.74) is 5.58. The number of hydrogen-bond acceptors (Lipinski definition) is 5. The van der Waals surface area contributed by atoms with Crippen LogP contribution in [0.3, 0.4) is 0 Å². The number of rotatable bonds is 3. The van der Waals surface area contributed by atoms with E-state index in [4.69, 9.17) is 17.3 Å². The molecule has 1 aromatic rings. The lowest BCUT2D eigenvalue weighted by atomic mass is 10.3. The molecule has 0 spiro atoms. The molecular weight excluding hydrogens is 192 g/mol. The summed E-state index contributed by atoms with van der Waals surface area (Å²) in [7, 11) is 0. The molecule has 0 amide bonds. The Balaban J connectivity index is 3.20. The Morgan fingerprint density at radius 3 is 2.85 bits per heavy atom.